The van der Waals surface area contributed by atoms with Gasteiger partial charge in [0.15, 0.2) is 0 Å². The molecule has 1 heterocycles. The van der Waals surface area contributed by atoms with Crippen LogP contribution >= 0.6 is 0 Å². The molecule has 17 heavy (non-hydrogen) atoms. The first kappa shape index (κ1) is 13.1. The Balaban J connectivity index is 2.34. The third-order valence-electron chi connectivity index (χ3n) is 5.23. The second-order valence-corrected chi connectivity index (χ2v) is 6.04. The number of rotatable bonds is 3. The van der Waals surface area contributed by atoms with E-state index in [2.05, 4.69) is 33.8 Å². The molecule has 2 nitrogen and oxygen atoms in total. The molecule has 2 aliphatic rings. The van der Waals surface area contributed by atoms with E-state index in [1.807, 2.05) is 0 Å². The van der Waals surface area contributed by atoms with E-state index >= 15 is 0 Å². The number of fused-ring (bicyclic) bond motifs is 2. The standard InChI is InChI=1S/C15H26O2/c1-5-6-13-14-10(2)7-11(3)15(8-16,9-17-13)12(14)4/h7,11-14,16H,5-6,8-9H2,1-4H3/t11-,12+,13+,14+,15-/m1/s1. The predicted molar refractivity (Wildman–Crippen MR) is 69.7 cm³/mol. The number of hydrogen-bond acceptors (Lipinski definition) is 2. The minimum absolute atomic E-state index is 0.0472. The van der Waals surface area contributed by atoms with E-state index in [1.165, 1.54) is 12.0 Å². The van der Waals surface area contributed by atoms with Gasteiger partial charge in [-0.3, -0.25) is 0 Å². The molecule has 0 unspecified atom stereocenters. The normalized spacial score (nSPS) is 45.6. The second kappa shape index (κ2) is 4.74. The zero-order chi connectivity index (χ0) is 12.6. The Morgan fingerprint density at radius 3 is 2.76 bits per heavy atom. The van der Waals surface area contributed by atoms with Crippen LogP contribution in [0, 0.1) is 23.2 Å². The van der Waals surface area contributed by atoms with E-state index in [-0.39, 0.29) is 12.0 Å². The average molecular weight is 238 g/mol. The van der Waals surface area contributed by atoms with Crippen LogP contribution in [0.1, 0.15) is 40.5 Å². The molecule has 1 aliphatic carbocycles. The molecule has 0 radical (unpaired) electrons. The lowest BCUT2D eigenvalue weighted by Crippen LogP contribution is -2.56. The van der Waals surface area contributed by atoms with Crippen LogP contribution in [0.25, 0.3) is 0 Å². The predicted octanol–water partition coefficient (Wildman–Crippen LogP) is 3.01. The van der Waals surface area contributed by atoms with Gasteiger partial charge in [-0.05, 0) is 25.2 Å². The van der Waals surface area contributed by atoms with Crippen molar-refractivity contribution in [3.8, 4) is 0 Å². The summed E-state index contributed by atoms with van der Waals surface area (Å²) in [7, 11) is 0. The number of aliphatic hydroxyl groups excluding tert-OH is 1. The average Bonchev–Trinajstić information content (AvgIpc) is 2.28. The van der Waals surface area contributed by atoms with Gasteiger partial charge >= 0.3 is 0 Å². The van der Waals surface area contributed by atoms with Crippen LogP contribution in [0.4, 0.5) is 0 Å². The van der Waals surface area contributed by atoms with Crippen molar-refractivity contribution < 1.29 is 9.84 Å². The van der Waals surface area contributed by atoms with Crippen LogP contribution in [0.2, 0.25) is 0 Å². The molecule has 98 valence electrons. The minimum Gasteiger partial charge on any atom is -0.396 e. The Bertz CT molecular complexity index is 310. The quantitative estimate of drug-likeness (QED) is 0.766. The van der Waals surface area contributed by atoms with Crippen LogP contribution in [0.5, 0.6) is 0 Å². The van der Waals surface area contributed by atoms with Gasteiger partial charge in [-0.2, -0.15) is 0 Å². The molecule has 5 atom stereocenters. The Morgan fingerprint density at radius 2 is 2.18 bits per heavy atom. The van der Waals surface area contributed by atoms with Crippen molar-refractivity contribution in [2.75, 3.05) is 13.2 Å². The molecule has 2 rings (SSSR count). The summed E-state index contributed by atoms with van der Waals surface area (Å²) in [6, 6.07) is 0. The molecular weight excluding hydrogens is 212 g/mol. The van der Waals surface area contributed by atoms with E-state index in [0.717, 1.165) is 13.0 Å². The highest BCUT2D eigenvalue weighted by Gasteiger charge is 2.52. The van der Waals surface area contributed by atoms with E-state index < -0.39 is 0 Å². The van der Waals surface area contributed by atoms with Crippen LogP contribution in [-0.4, -0.2) is 24.4 Å². The van der Waals surface area contributed by atoms with E-state index in [1.54, 1.807) is 0 Å². The molecular formula is C15H26O2. The zero-order valence-corrected chi connectivity index (χ0v) is 11.6. The lowest BCUT2D eigenvalue weighted by molar-refractivity contribution is -0.164. The molecule has 2 bridgehead atoms. The molecule has 1 fully saturated rings. The monoisotopic (exact) mass is 238 g/mol. The Hall–Kier alpha value is -0.340. The van der Waals surface area contributed by atoms with Gasteiger partial charge in [-0.1, -0.05) is 38.8 Å². The first-order valence-corrected chi connectivity index (χ1v) is 6.97. The maximum absolute atomic E-state index is 9.83. The van der Waals surface area contributed by atoms with Crippen molar-refractivity contribution in [3.05, 3.63) is 11.6 Å². The summed E-state index contributed by atoms with van der Waals surface area (Å²) in [6.45, 7) is 9.93. The van der Waals surface area contributed by atoms with Gasteiger partial charge in [0, 0.05) is 11.3 Å². The molecule has 0 aromatic carbocycles. The first-order chi connectivity index (χ1) is 8.06. The fourth-order valence-electron chi connectivity index (χ4n) is 3.96. The molecule has 1 N–H and O–H groups in total. The van der Waals surface area contributed by atoms with Gasteiger partial charge in [-0.25, -0.2) is 0 Å². The maximum Gasteiger partial charge on any atom is 0.0643 e. The second-order valence-electron chi connectivity index (χ2n) is 6.04. The maximum atomic E-state index is 9.83. The molecule has 0 amide bonds. The molecule has 0 aromatic rings. The topological polar surface area (TPSA) is 29.5 Å². The lowest BCUT2D eigenvalue weighted by atomic mass is 9.56. The van der Waals surface area contributed by atoms with Crippen molar-refractivity contribution in [2.45, 2.75) is 46.6 Å². The van der Waals surface area contributed by atoms with Gasteiger partial charge < -0.3 is 9.84 Å². The summed E-state index contributed by atoms with van der Waals surface area (Å²) < 4.78 is 6.09. The van der Waals surface area contributed by atoms with Crippen molar-refractivity contribution in [3.63, 3.8) is 0 Å². The number of allylic oxidation sites excluding steroid dienone is 1. The lowest BCUT2D eigenvalue weighted by Gasteiger charge is -2.55. The Labute approximate surface area is 105 Å². The van der Waals surface area contributed by atoms with E-state index in [0.29, 0.717) is 23.9 Å². The third kappa shape index (κ3) is 1.86. The van der Waals surface area contributed by atoms with Crippen molar-refractivity contribution in [1.29, 1.82) is 0 Å². The first-order valence-electron chi connectivity index (χ1n) is 6.97. The van der Waals surface area contributed by atoms with Gasteiger partial charge in [0.1, 0.15) is 0 Å². The van der Waals surface area contributed by atoms with Gasteiger partial charge in [0.05, 0.1) is 19.3 Å². The molecule has 0 aromatic heterocycles. The summed E-state index contributed by atoms with van der Waals surface area (Å²) in [5, 5.41) is 9.83. The van der Waals surface area contributed by atoms with Gasteiger partial charge in [0.2, 0.25) is 0 Å². The van der Waals surface area contributed by atoms with Crippen LogP contribution in [0.15, 0.2) is 11.6 Å². The van der Waals surface area contributed by atoms with E-state index in [4.69, 9.17) is 4.74 Å². The number of aliphatic hydroxyl groups is 1. The fraction of sp³-hybridized carbons (Fsp3) is 0.867. The van der Waals surface area contributed by atoms with E-state index in [9.17, 15) is 5.11 Å². The van der Waals surface area contributed by atoms with Crippen LogP contribution < -0.4 is 0 Å². The van der Waals surface area contributed by atoms with Crippen molar-refractivity contribution >= 4 is 0 Å². The molecule has 1 saturated heterocycles. The SMILES string of the molecule is CCC[C@@H]1OC[C@]2(CO)[C@H](C)C=C(C)[C@H]1[C@@H]2C. The molecule has 1 aliphatic heterocycles. The summed E-state index contributed by atoms with van der Waals surface area (Å²) in [6.07, 6.45) is 5.03. The highest BCUT2D eigenvalue weighted by Crippen LogP contribution is 2.52. The molecule has 0 spiro atoms. The largest absolute Gasteiger partial charge is 0.396 e. The summed E-state index contributed by atoms with van der Waals surface area (Å²) in [5.74, 6) is 1.45. The highest BCUT2D eigenvalue weighted by atomic mass is 16.5. The summed E-state index contributed by atoms with van der Waals surface area (Å²) >= 11 is 0. The highest BCUT2D eigenvalue weighted by molar-refractivity contribution is 5.20. The summed E-state index contributed by atoms with van der Waals surface area (Å²) in [4.78, 5) is 0. The van der Waals surface area contributed by atoms with Crippen molar-refractivity contribution in [2.24, 2.45) is 23.2 Å². The third-order valence-corrected chi connectivity index (χ3v) is 5.23. The minimum atomic E-state index is -0.0472. The summed E-state index contributed by atoms with van der Waals surface area (Å²) in [5.41, 5.74) is 1.42. The van der Waals surface area contributed by atoms with Crippen LogP contribution in [-0.2, 0) is 4.74 Å². The van der Waals surface area contributed by atoms with Crippen LogP contribution in [0.3, 0.4) is 0 Å². The molecule has 2 heteroatoms. The molecule has 0 saturated carbocycles. The van der Waals surface area contributed by atoms with Crippen molar-refractivity contribution in [1.82, 2.24) is 0 Å². The van der Waals surface area contributed by atoms with Gasteiger partial charge in [0.25, 0.3) is 0 Å². The number of ether oxygens (including phenoxy) is 1. The fourth-order valence-corrected chi connectivity index (χ4v) is 3.96. The smallest absolute Gasteiger partial charge is 0.0643 e. The Kier molecular flexibility index (Phi) is 3.65. The number of hydrogen-bond donors (Lipinski definition) is 1. The zero-order valence-electron chi connectivity index (χ0n) is 11.6. The van der Waals surface area contributed by atoms with Gasteiger partial charge in [-0.15, -0.1) is 0 Å². The Morgan fingerprint density at radius 1 is 1.47 bits per heavy atom.